The monoisotopic (exact) mass is 449 g/mol. The summed E-state index contributed by atoms with van der Waals surface area (Å²) in [6.45, 7) is 1.76. The summed E-state index contributed by atoms with van der Waals surface area (Å²) < 4.78 is 20.6. The molecule has 0 bridgehead atoms. The highest BCUT2D eigenvalue weighted by molar-refractivity contribution is 8.00. The number of anilines is 1. The quantitative estimate of drug-likeness (QED) is 0.416. The maximum atomic E-state index is 13.4. The molecule has 32 heavy (non-hydrogen) atoms. The van der Waals surface area contributed by atoms with Gasteiger partial charge in [0, 0.05) is 29.3 Å². The second-order valence-electron chi connectivity index (χ2n) is 6.84. The molecule has 0 fully saturated rings. The van der Waals surface area contributed by atoms with Gasteiger partial charge in [0.15, 0.2) is 11.0 Å². The summed E-state index contributed by atoms with van der Waals surface area (Å²) in [6, 6.07) is 17.0. The molecule has 2 aromatic carbocycles. The molecule has 4 aromatic rings. The Morgan fingerprint density at radius 2 is 1.84 bits per heavy atom. The first kappa shape index (κ1) is 21.5. The number of nitrogens with one attached hydrogen (secondary N) is 1. The van der Waals surface area contributed by atoms with Gasteiger partial charge in [0.05, 0.1) is 12.4 Å². The first-order chi connectivity index (χ1) is 15.5. The van der Waals surface area contributed by atoms with Crippen LogP contribution in [0, 0.1) is 5.82 Å². The van der Waals surface area contributed by atoms with E-state index in [1.54, 1.807) is 38.6 Å². The van der Waals surface area contributed by atoms with Gasteiger partial charge in [-0.1, -0.05) is 17.8 Å². The van der Waals surface area contributed by atoms with Crippen LogP contribution in [0.2, 0.25) is 0 Å². The highest BCUT2D eigenvalue weighted by Gasteiger charge is 2.22. The number of ether oxygens (including phenoxy) is 1. The van der Waals surface area contributed by atoms with Crippen molar-refractivity contribution < 1.29 is 13.9 Å². The number of nitrogens with zero attached hydrogens (tertiary/aromatic N) is 4. The fourth-order valence-corrected chi connectivity index (χ4v) is 3.89. The molecule has 2 aromatic heterocycles. The normalized spacial score (nSPS) is 11.7. The minimum absolute atomic E-state index is 0.268. The fraction of sp³-hybridized carbons (Fsp3) is 0.130. The maximum absolute atomic E-state index is 13.4. The topological polar surface area (TPSA) is 81.9 Å². The van der Waals surface area contributed by atoms with Crippen molar-refractivity contribution in [1.29, 1.82) is 0 Å². The Balaban J connectivity index is 1.64. The number of carbonyl (C=O) groups is 1. The molecule has 0 aliphatic carbocycles. The van der Waals surface area contributed by atoms with Crippen LogP contribution in [0.3, 0.4) is 0 Å². The Kier molecular flexibility index (Phi) is 6.46. The lowest BCUT2D eigenvalue weighted by molar-refractivity contribution is -0.115. The molecule has 0 saturated carbocycles. The average molecular weight is 450 g/mol. The summed E-state index contributed by atoms with van der Waals surface area (Å²) in [6.07, 6.45) is 3.37. The van der Waals surface area contributed by atoms with E-state index in [0.717, 1.165) is 17.0 Å². The molecule has 0 saturated heterocycles. The highest BCUT2D eigenvalue weighted by Crippen LogP contribution is 2.31. The zero-order valence-corrected chi connectivity index (χ0v) is 18.2. The number of amides is 1. The van der Waals surface area contributed by atoms with Gasteiger partial charge in [-0.3, -0.25) is 14.3 Å². The summed E-state index contributed by atoms with van der Waals surface area (Å²) in [4.78, 5) is 16.8. The van der Waals surface area contributed by atoms with Crippen molar-refractivity contribution in [2.24, 2.45) is 0 Å². The second kappa shape index (κ2) is 9.61. The van der Waals surface area contributed by atoms with Crippen molar-refractivity contribution in [3.8, 4) is 22.8 Å². The minimum atomic E-state index is -0.509. The Bertz CT molecular complexity index is 1210. The van der Waals surface area contributed by atoms with Crippen LogP contribution < -0.4 is 10.1 Å². The van der Waals surface area contributed by atoms with Crippen LogP contribution in [0.25, 0.3) is 17.1 Å². The number of rotatable bonds is 7. The SMILES string of the molecule is COc1ccc(-n2c(SC(C)C(=O)Nc3cccc(F)c3)nnc2-c2ccncc2)cc1. The third kappa shape index (κ3) is 4.78. The molecular formula is C23H20FN5O2S. The van der Waals surface area contributed by atoms with E-state index in [1.165, 1.54) is 23.9 Å². The summed E-state index contributed by atoms with van der Waals surface area (Å²) >= 11 is 1.26. The molecule has 4 rings (SSSR count). The molecule has 9 heteroatoms. The minimum Gasteiger partial charge on any atom is -0.497 e. The van der Waals surface area contributed by atoms with E-state index < -0.39 is 11.1 Å². The smallest absolute Gasteiger partial charge is 0.237 e. The number of hydrogen-bond acceptors (Lipinski definition) is 6. The summed E-state index contributed by atoms with van der Waals surface area (Å²) in [5.41, 5.74) is 2.06. The standard InChI is InChI=1S/C23H20FN5O2S/c1-15(22(30)26-18-5-3-4-17(24)14-18)32-23-28-27-21(16-10-12-25-13-11-16)29(23)19-6-8-20(31-2)9-7-19/h3-15H,1-2H3,(H,26,30). The van der Waals surface area contributed by atoms with Crippen LogP contribution in [-0.2, 0) is 4.79 Å². The van der Waals surface area contributed by atoms with Gasteiger partial charge in [0.25, 0.3) is 0 Å². The lowest BCUT2D eigenvalue weighted by Gasteiger charge is -2.14. The third-order valence-corrected chi connectivity index (χ3v) is 5.69. The molecule has 0 radical (unpaired) electrons. The Morgan fingerprint density at radius 1 is 1.09 bits per heavy atom. The summed E-state index contributed by atoms with van der Waals surface area (Å²) in [7, 11) is 1.61. The zero-order valence-electron chi connectivity index (χ0n) is 17.4. The van der Waals surface area contributed by atoms with Crippen LogP contribution in [-0.4, -0.2) is 38.0 Å². The first-order valence-electron chi connectivity index (χ1n) is 9.78. The Hall–Kier alpha value is -3.72. The molecule has 7 nitrogen and oxygen atoms in total. The van der Waals surface area contributed by atoms with Crippen LogP contribution in [0.4, 0.5) is 10.1 Å². The van der Waals surface area contributed by atoms with Gasteiger partial charge >= 0.3 is 0 Å². The van der Waals surface area contributed by atoms with Gasteiger partial charge < -0.3 is 10.1 Å². The van der Waals surface area contributed by atoms with Crippen LogP contribution >= 0.6 is 11.8 Å². The molecule has 1 amide bonds. The lowest BCUT2D eigenvalue weighted by atomic mass is 10.2. The molecule has 1 unspecified atom stereocenters. The number of pyridine rings is 1. The molecule has 1 atom stereocenters. The van der Waals surface area contributed by atoms with Crippen molar-refractivity contribution in [3.05, 3.63) is 78.9 Å². The molecule has 0 aliphatic heterocycles. The summed E-state index contributed by atoms with van der Waals surface area (Å²) in [5, 5.41) is 11.5. The first-order valence-corrected chi connectivity index (χ1v) is 10.7. The van der Waals surface area contributed by atoms with Crippen molar-refractivity contribution in [2.75, 3.05) is 12.4 Å². The lowest BCUT2D eigenvalue weighted by Crippen LogP contribution is -2.23. The van der Waals surface area contributed by atoms with E-state index in [2.05, 4.69) is 20.5 Å². The van der Waals surface area contributed by atoms with Crippen molar-refractivity contribution >= 4 is 23.4 Å². The number of benzene rings is 2. The van der Waals surface area contributed by atoms with Crippen LogP contribution in [0.1, 0.15) is 6.92 Å². The molecular weight excluding hydrogens is 429 g/mol. The average Bonchev–Trinajstić information content (AvgIpc) is 3.23. The maximum Gasteiger partial charge on any atom is 0.237 e. The van der Waals surface area contributed by atoms with E-state index in [-0.39, 0.29) is 5.91 Å². The van der Waals surface area contributed by atoms with Crippen molar-refractivity contribution in [3.63, 3.8) is 0 Å². The molecule has 1 N–H and O–H groups in total. The predicted molar refractivity (Wildman–Crippen MR) is 121 cm³/mol. The molecule has 0 spiro atoms. The highest BCUT2D eigenvalue weighted by atomic mass is 32.2. The van der Waals surface area contributed by atoms with Gasteiger partial charge in [0.1, 0.15) is 11.6 Å². The van der Waals surface area contributed by atoms with E-state index in [9.17, 15) is 9.18 Å². The second-order valence-corrected chi connectivity index (χ2v) is 8.14. The van der Waals surface area contributed by atoms with Crippen LogP contribution in [0.5, 0.6) is 5.75 Å². The van der Waals surface area contributed by atoms with Gasteiger partial charge in [-0.2, -0.15) is 0 Å². The number of halogens is 1. The van der Waals surface area contributed by atoms with E-state index in [4.69, 9.17) is 4.74 Å². The van der Waals surface area contributed by atoms with E-state index >= 15 is 0 Å². The van der Waals surface area contributed by atoms with Crippen molar-refractivity contribution in [2.45, 2.75) is 17.3 Å². The van der Waals surface area contributed by atoms with E-state index in [0.29, 0.717) is 16.7 Å². The van der Waals surface area contributed by atoms with E-state index in [1.807, 2.05) is 41.0 Å². The zero-order chi connectivity index (χ0) is 22.5. The fourth-order valence-electron chi connectivity index (χ4n) is 3.02. The number of thioether (sulfide) groups is 1. The largest absolute Gasteiger partial charge is 0.497 e. The van der Waals surface area contributed by atoms with Crippen LogP contribution in [0.15, 0.2) is 78.2 Å². The molecule has 0 aliphatic rings. The summed E-state index contributed by atoms with van der Waals surface area (Å²) in [5.74, 6) is 0.668. The van der Waals surface area contributed by atoms with Gasteiger partial charge in [0.2, 0.25) is 5.91 Å². The van der Waals surface area contributed by atoms with Gasteiger partial charge in [-0.05, 0) is 61.5 Å². The number of methoxy groups -OCH3 is 1. The molecule has 2 heterocycles. The Labute approximate surface area is 188 Å². The molecule has 162 valence electrons. The number of hydrogen-bond donors (Lipinski definition) is 1. The number of aromatic nitrogens is 4. The third-order valence-electron chi connectivity index (χ3n) is 4.65. The Morgan fingerprint density at radius 3 is 2.53 bits per heavy atom. The van der Waals surface area contributed by atoms with Gasteiger partial charge in [-0.25, -0.2) is 4.39 Å². The predicted octanol–water partition coefficient (Wildman–Crippen LogP) is 4.60. The van der Waals surface area contributed by atoms with Gasteiger partial charge in [-0.15, -0.1) is 10.2 Å². The van der Waals surface area contributed by atoms with Crippen molar-refractivity contribution in [1.82, 2.24) is 19.7 Å². The number of carbonyl (C=O) groups excluding carboxylic acids is 1.